The topological polar surface area (TPSA) is 41.1 Å². The Morgan fingerprint density at radius 1 is 1.10 bits per heavy atom. The van der Waals surface area contributed by atoms with Gasteiger partial charge in [0.15, 0.2) is 0 Å². The summed E-state index contributed by atoms with van der Waals surface area (Å²) in [6, 6.07) is 15.2. The molecule has 0 saturated heterocycles. The first-order valence-electron chi connectivity index (χ1n) is 6.44. The molecule has 2 aromatic carbocycles. The van der Waals surface area contributed by atoms with Crippen molar-refractivity contribution in [3.8, 4) is 0 Å². The van der Waals surface area contributed by atoms with Gasteiger partial charge in [0, 0.05) is 15.8 Å². The molecular weight excluding hydrogens is 316 g/mol. The average Bonchev–Trinajstić information content (AvgIpc) is 2.38. The van der Waals surface area contributed by atoms with Crippen molar-refractivity contribution in [1.29, 1.82) is 0 Å². The van der Waals surface area contributed by atoms with Crippen molar-refractivity contribution in [3.05, 3.63) is 58.6 Å². The number of aryl methyl sites for hydroxylation is 1. The van der Waals surface area contributed by atoms with E-state index >= 15 is 0 Å². The van der Waals surface area contributed by atoms with Crippen LogP contribution in [0.15, 0.2) is 53.0 Å². The second kappa shape index (κ2) is 6.57. The summed E-state index contributed by atoms with van der Waals surface area (Å²) in [7, 11) is 0. The lowest BCUT2D eigenvalue weighted by Gasteiger charge is -2.15. The fourth-order valence-electron chi connectivity index (χ4n) is 1.87. The number of anilines is 2. The van der Waals surface area contributed by atoms with Gasteiger partial charge in [-0.05, 0) is 49.7 Å². The third-order valence-corrected chi connectivity index (χ3v) is 3.38. The molecular formula is C16H17BrN2O. The molecule has 104 valence electrons. The Kier molecular flexibility index (Phi) is 4.79. The number of benzene rings is 2. The smallest absolute Gasteiger partial charge is 0.246 e. The highest BCUT2D eigenvalue weighted by Crippen LogP contribution is 2.17. The molecule has 0 bridgehead atoms. The van der Waals surface area contributed by atoms with E-state index in [0.717, 1.165) is 21.4 Å². The normalized spacial score (nSPS) is 11.8. The molecule has 1 atom stereocenters. The Hall–Kier alpha value is -1.81. The SMILES string of the molecule is Cc1cccc(NC(=O)[C@@H](C)Nc2cccc(Br)c2)c1. The third kappa shape index (κ3) is 4.10. The first-order chi connectivity index (χ1) is 9.54. The first-order valence-corrected chi connectivity index (χ1v) is 7.23. The molecule has 0 aliphatic heterocycles. The largest absolute Gasteiger partial charge is 0.374 e. The second-order valence-corrected chi connectivity index (χ2v) is 5.65. The highest BCUT2D eigenvalue weighted by Gasteiger charge is 2.12. The van der Waals surface area contributed by atoms with E-state index in [0.29, 0.717) is 0 Å². The van der Waals surface area contributed by atoms with E-state index < -0.39 is 0 Å². The summed E-state index contributed by atoms with van der Waals surface area (Å²) < 4.78 is 0.980. The molecule has 0 saturated carbocycles. The highest BCUT2D eigenvalue weighted by atomic mass is 79.9. The second-order valence-electron chi connectivity index (χ2n) is 4.74. The molecule has 20 heavy (non-hydrogen) atoms. The summed E-state index contributed by atoms with van der Waals surface area (Å²) in [5.74, 6) is -0.0597. The Balaban J connectivity index is 1.98. The van der Waals surface area contributed by atoms with Gasteiger partial charge in [0.1, 0.15) is 6.04 Å². The van der Waals surface area contributed by atoms with Gasteiger partial charge in [-0.3, -0.25) is 4.79 Å². The predicted molar refractivity (Wildman–Crippen MR) is 87.0 cm³/mol. The number of amides is 1. The van der Waals surface area contributed by atoms with Gasteiger partial charge in [0.05, 0.1) is 0 Å². The lowest BCUT2D eigenvalue weighted by Crippen LogP contribution is -2.31. The van der Waals surface area contributed by atoms with Crippen LogP contribution in [-0.2, 0) is 4.79 Å². The van der Waals surface area contributed by atoms with Gasteiger partial charge < -0.3 is 10.6 Å². The number of hydrogen-bond acceptors (Lipinski definition) is 2. The van der Waals surface area contributed by atoms with Crippen LogP contribution >= 0.6 is 15.9 Å². The Labute approximate surface area is 127 Å². The summed E-state index contributed by atoms with van der Waals surface area (Å²) in [5.41, 5.74) is 2.85. The minimum absolute atomic E-state index is 0.0597. The Morgan fingerprint density at radius 2 is 1.80 bits per heavy atom. The minimum Gasteiger partial charge on any atom is -0.374 e. The molecule has 2 aromatic rings. The van der Waals surface area contributed by atoms with Gasteiger partial charge in [-0.1, -0.05) is 34.1 Å². The molecule has 0 aliphatic rings. The van der Waals surface area contributed by atoms with Crippen LogP contribution < -0.4 is 10.6 Å². The van der Waals surface area contributed by atoms with Crippen LogP contribution in [0.4, 0.5) is 11.4 Å². The molecule has 2 rings (SSSR count). The molecule has 0 aromatic heterocycles. The van der Waals surface area contributed by atoms with E-state index in [1.807, 2.05) is 62.4 Å². The van der Waals surface area contributed by atoms with Crippen molar-refractivity contribution < 1.29 is 4.79 Å². The molecule has 1 amide bonds. The van der Waals surface area contributed by atoms with E-state index in [-0.39, 0.29) is 11.9 Å². The van der Waals surface area contributed by atoms with Crippen molar-refractivity contribution in [2.24, 2.45) is 0 Å². The number of nitrogens with one attached hydrogen (secondary N) is 2. The van der Waals surface area contributed by atoms with Crippen molar-refractivity contribution in [1.82, 2.24) is 0 Å². The van der Waals surface area contributed by atoms with Gasteiger partial charge in [0.25, 0.3) is 0 Å². The molecule has 0 unspecified atom stereocenters. The quantitative estimate of drug-likeness (QED) is 0.881. The van der Waals surface area contributed by atoms with Gasteiger partial charge in [-0.15, -0.1) is 0 Å². The van der Waals surface area contributed by atoms with Crippen LogP contribution in [-0.4, -0.2) is 11.9 Å². The molecule has 3 nitrogen and oxygen atoms in total. The van der Waals surface area contributed by atoms with Crippen molar-refractivity contribution in [2.45, 2.75) is 19.9 Å². The summed E-state index contributed by atoms with van der Waals surface area (Å²) in [4.78, 5) is 12.1. The summed E-state index contributed by atoms with van der Waals surface area (Å²) in [5, 5.41) is 6.08. The van der Waals surface area contributed by atoms with Crippen LogP contribution in [0.3, 0.4) is 0 Å². The molecule has 0 heterocycles. The van der Waals surface area contributed by atoms with Crippen LogP contribution in [0.1, 0.15) is 12.5 Å². The van der Waals surface area contributed by atoms with Crippen molar-refractivity contribution >= 4 is 33.2 Å². The van der Waals surface area contributed by atoms with Crippen molar-refractivity contribution in [2.75, 3.05) is 10.6 Å². The van der Waals surface area contributed by atoms with E-state index in [1.54, 1.807) is 0 Å². The zero-order valence-corrected chi connectivity index (χ0v) is 13.1. The highest BCUT2D eigenvalue weighted by molar-refractivity contribution is 9.10. The summed E-state index contributed by atoms with van der Waals surface area (Å²) >= 11 is 3.41. The molecule has 0 radical (unpaired) electrons. The van der Waals surface area contributed by atoms with E-state index in [1.165, 1.54) is 0 Å². The Bertz CT molecular complexity index is 613. The van der Waals surface area contributed by atoms with Crippen LogP contribution in [0, 0.1) is 6.92 Å². The first kappa shape index (κ1) is 14.6. The molecule has 0 spiro atoms. The number of rotatable bonds is 4. The number of hydrogen-bond donors (Lipinski definition) is 2. The van der Waals surface area contributed by atoms with E-state index in [2.05, 4.69) is 26.6 Å². The molecule has 0 fully saturated rings. The summed E-state index contributed by atoms with van der Waals surface area (Å²) in [6.45, 7) is 3.84. The maximum atomic E-state index is 12.1. The third-order valence-electron chi connectivity index (χ3n) is 2.89. The van der Waals surface area contributed by atoms with Crippen molar-refractivity contribution in [3.63, 3.8) is 0 Å². The standard InChI is InChI=1S/C16H17BrN2O/c1-11-5-3-7-14(9-11)19-16(20)12(2)18-15-8-4-6-13(17)10-15/h3-10,12,18H,1-2H3,(H,19,20)/t12-/m1/s1. The fourth-order valence-corrected chi connectivity index (χ4v) is 2.27. The zero-order chi connectivity index (χ0) is 14.5. The fraction of sp³-hybridized carbons (Fsp3) is 0.188. The minimum atomic E-state index is -0.315. The maximum Gasteiger partial charge on any atom is 0.246 e. The number of carbonyl (C=O) groups is 1. The zero-order valence-electron chi connectivity index (χ0n) is 11.5. The number of halogens is 1. The molecule has 0 aliphatic carbocycles. The molecule has 2 N–H and O–H groups in total. The van der Waals surface area contributed by atoms with Crippen LogP contribution in [0.2, 0.25) is 0 Å². The number of carbonyl (C=O) groups excluding carboxylic acids is 1. The monoisotopic (exact) mass is 332 g/mol. The van der Waals surface area contributed by atoms with Crippen LogP contribution in [0.5, 0.6) is 0 Å². The molecule has 4 heteroatoms. The van der Waals surface area contributed by atoms with E-state index in [4.69, 9.17) is 0 Å². The predicted octanol–water partition coefficient (Wildman–Crippen LogP) is 4.20. The van der Waals surface area contributed by atoms with E-state index in [9.17, 15) is 4.79 Å². The lowest BCUT2D eigenvalue weighted by atomic mass is 10.2. The van der Waals surface area contributed by atoms with Gasteiger partial charge in [-0.2, -0.15) is 0 Å². The van der Waals surface area contributed by atoms with Gasteiger partial charge in [-0.25, -0.2) is 0 Å². The summed E-state index contributed by atoms with van der Waals surface area (Å²) in [6.07, 6.45) is 0. The van der Waals surface area contributed by atoms with Gasteiger partial charge >= 0.3 is 0 Å². The lowest BCUT2D eigenvalue weighted by molar-refractivity contribution is -0.116. The maximum absolute atomic E-state index is 12.1. The average molecular weight is 333 g/mol. The van der Waals surface area contributed by atoms with Gasteiger partial charge in [0.2, 0.25) is 5.91 Å². The Morgan fingerprint density at radius 3 is 2.50 bits per heavy atom. The van der Waals surface area contributed by atoms with Crippen LogP contribution in [0.25, 0.3) is 0 Å².